The number of ether oxygens (including phenoxy) is 1. The summed E-state index contributed by atoms with van der Waals surface area (Å²) in [6.45, 7) is 2.19. The summed E-state index contributed by atoms with van der Waals surface area (Å²) in [5.41, 5.74) is 4.86. The van der Waals surface area contributed by atoms with Gasteiger partial charge in [-0.15, -0.1) is 11.3 Å². The predicted molar refractivity (Wildman–Crippen MR) is 101 cm³/mol. The summed E-state index contributed by atoms with van der Waals surface area (Å²) in [4.78, 5) is 25.2. The summed E-state index contributed by atoms with van der Waals surface area (Å²) in [6.07, 6.45) is 3.22. The van der Waals surface area contributed by atoms with Crippen molar-refractivity contribution in [1.82, 2.24) is 15.0 Å². The first-order chi connectivity index (χ1) is 12.7. The van der Waals surface area contributed by atoms with Crippen LogP contribution in [0.2, 0.25) is 0 Å². The van der Waals surface area contributed by atoms with Gasteiger partial charge < -0.3 is 4.74 Å². The van der Waals surface area contributed by atoms with Crippen molar-refractivity contribution in [2.45, 2.75) is 13.5 Å². The molecule has 2 aromatic heterocycles. The molecule has 4 rings (SSSR count). The number of thiazole rings is 1. The van der Waals surface area contributed by atoms with E-state index < -0.39 is 5.97 Å². The van der Waals surface area contributed by atoms with Gasteiger partial charge in [0.25, 0.3) is 0 Å². The number of fused-ring (bicyclic) bond motifs is 1. The molecule has 0 aliphatic heterocycles. The SMILES string of the molecule is Cc1ccc(-c2nc(COC(=O)c3ccc4nccnc4c3)cs2)cc1. The van der Waals surface area contributed by atoms with Crippen molar-refractivity contribution in [3.05, 3.63) is 77.1 Å². The van der Waals surface area contributed by atoms with Gasteiger partial charge in [-0.05, 0) is 25.1 Å². The molecule has 0 atom stereocenters. The first kappa shape index (κ1) is 16.4. The molecule has 0 saturated carbocycles. The Morgan fingerprint density at radius 2 is 1.81 bits per heavy atom. The molecule has 2 heterocycles. The Hall–Kier alpha value is -3.12. The molecular weight excluding hydrogens is 346 g/mol. The van der Waals surface area contributed by atoms with Crippen LogP contribution in [-0.4, -0.2) is 20.9 Å². The Bertz CT molecular complexity index is 1070. The largest absolute Gasteiger partial charge is 0.456 e. The summed E-state index contributed by atoms with van der Waals surface area (Å²) in [7, 11) is 0. The molecule has 0 saturated heterocycles. The Morgan fingerprint density at radius 1 is 1.04 bits per heavy atom. The molecule has 0 aliphatic carbocycles. The van der Waals surface area contributed by atoms with Crippen molar-refractivity contribution in [3.63, 3.8) is 0 Å². The number of hydrogen-bond acceptors (Lipinski definition) is 6. The first-order valence-corrected chi connectivity index (χ1v) is 8.96. The van der Waals surface area contributed by atoms with Gasteiger partial charge in [0.2, 0.25) is 0 Å². The molecule has 5 nitrogen and oxygen atoms in total. The van der Waals surface area contributed by atoms with Crippen molar-refractivity contribution in [2.24, 2.45) is 0 Å². The van der Waals surface area contributed by atoms with E-state index in [1.54, 1.807) is 30.6 Å². The van der Waals surface area contributed by atoms with E-state index in [1.165, 1.54) is 16.9 Å². The zero-order valence-electron chi connectivity index (χ0n) is 14.0. The van der Waals surface area contributed by atoms with E-state index in [1.807, 2.05) is 17.5 Å². The van der Waals surface area contributed by atoms with Crippen molar-refractivity contribution in [1.29, 1.82) is 0 Å². The Labute approximate surface area is 154 Å². The summed E-state index contributed by atoms with van der Waals surface area (Å²) >= 11 is 1.54. The minimum Gasteiger partial charge on any atom is -0.456 e. The van der Waals surface area contributed by atoms with Gasteiger partial charge in [-0.2, -0.15) is 0 Å². The minimum atomic E-state index is -0.401. The standard InChI is InChI=1S/C20H15N3O2S/c1-13-2-4-14(5-3-13)19-23-16(12-26-19)11-25-20(24)15-6-7-17-18(10-15)22-9-8-21-17/h2-10,12H,11H2,1H3. The van der Waals surface area contributed by atoms with Crippen molar-refractivity contribution >= 4 is 28.3 Å². The molecule has 0 N–H and O–H groups in total. The van der Waals surface area contributed by atoms with E-state index in [-0.39, 0.29) is 6.61 Å². The molecule has 4 aromatic rings. The van der Waals surface area contributed by atoms with Gasteiger partial charge in [-0.3, -0.25) is 9.97 Å². The number of carbonyl (C=O) groups excluding carboxylic acids is 1. The van der Waals surface area contributed by atoms with Gasteiger partial charge in [0.15, 0.2) is 0 Å². The summed E-state index contributed by atoms with van der Waals surface area (Å²) < 4.78 is 5.39. The normalized spacial score (nSPS) is 10.8. The highest BCUT2D eigenvalue weighted by atomic mass is 32.1. The minimum absolute atomic E-state index is 0.139. The Kier molecular flexibility index (Phi) is 4.41. The fourth-order valence-corrected chi connectivity index (χ4v) is 3.33. The Balaban J connectivity index is 1.45. The van der Waals surface area contributed by atoms with Crippen molar-refractivity contribution in [2.75, 3.05) is 0 Å². The Morgan fingerprint density at radius 3 is 2.62 bits per heavy atom. The van der Waals surface area contributed by atoms with Crippen LogP contribution in [0.15, 0.2) is 60.2 Å². The quantitative estimate of drug-likeness (QED) is 0.504. The number of hydrogen-bond donors (Lipinski definition) is 0. The van der Waals surface area contributed by atoms with E-state index in [4.69, 9.17) is 4.74 Å². The monoisotopic (exact) mass is 361 g/mol. The fraction of sp³-hybridized carbons (Fsp3) is 0.100. The van der Waals surface area contributed by atoms with Gasteiger partial charge in [0.1, 0.15) is 11.6 Å². The smallest absolute Gasteiger partial charge is 0.338 e. The number of rotatable bonds is 4. The first-order valence-electron chi connectivity index (χ1n) is 8.08. The molecule has 0 amide bonds. The van der Waals surface area contributed by atoms with Gasteiger partial charge in [-0.25, -0.2) is 9.78 Å². The van der Waals surface area contributed by atoms with Gasteiger partial charge >= 0.3 is 5.97 Å². The summed E-state index contributed by atoms with van der Waals surface area (Å²) in [5, 5.41) is 2.82. The van der Waals surface area contributed by atoms with Gasteiger partial charge in [0, 0.05) is 23.3 Å². The molecule has 0 radical (unpaired) electrons. The molecule has 0 aliphatic rings. The number of carbonyl (C=O) groups is 1. The molecule has 128 valence electrons. The van der Waals surface area contributed by atoms with E-state index in [0.29, 0.717) is 11.1 Å². The van der Waals surface area contributed by atoms with Gasteiger partial charge in [0.05, 0.1) is 22.3 Å². The second-order valence-corrected chi connectivity index (χ2v) is 6.70. The molecule has 6 heteroatoms. The highest BCUT2D eigenvalue weighted by molar-refractivity contribution is 7.13. The van der Waals surface area contributed by atoms with E-state index in [2.05, 4.69) is 34.0 Å². The molecule has 26 heavy (non-hydrogen) atoms. The third-order valence-electron chi connectivity index (χ3n) is 3.91. The van der Waals surface area contributed by atoms with Crippen molar-refractivity contribution in [3.8, 4) is 10.6 Å². The summed E-state index contributed by atoms with van der Waals surface area (Å²) in [5.74, 6) is -0.401. The highest BCUT2D eigenvalue weighted by Crippen LogP contribution is 2.24. The zero-order valence-corrected chi connectivity index (χ0v) is 14.9. The molecule has 2 aromatic carbocycles. The van der Waals surface area contributed by atoms with Crippen LogP contribution < -0.4 is 0 Å². The van der Waals surface area contributed by atoms with Crippen LogP contribution in [0.5, 0.6) is 0 Å². The summed E-state index contributed by atoms with van der Waals surface area (Å²) in [6, 6.07) is 13.3. The second-order valence-electron chi connectivity index (χ2n) is 5.85. The topological polar surface area (TPSA) is 65.0 Å². The number of aryl methyl sites for hydroxylation is 1. The van der Waals surface area contributed by atoms with Crippen LogP contribution in [0.1, 0.15) is 21.6 Å². The van der Waals surface area contributed by atoms with Crippen LogP contribution in [0.4, 0.5) is 0 Å². The third kappa shape index (κ3) is 3.45. The molecule has 0 fully saturated rings. The molecular formula is C20H15N3O2S. The maximum absolute atomic E-state index is 12.3. The zero-order chi connectivity index (χ0) is 17.9. The van der Waals surface area contributed by atoms with Crippen molar-refractivity contribution < 1.29 is 9.53 Å². The lowest BCUT2D eigenvalue weighted by Gasteiger charge is -2.04. The molecule has 0 spiro atoms. The van der Waals surface area contributed by atoms with E-state index >= 15 is 0 Å². The van der Waals surface area contributed by atoms with Crippen LogP contribution >= 0.6 is 11.3 Å². The number of esters is 1. The molecule has 0 unspecified atom stereocenters. The van der Waals surface area contributed by atoms with Crippen LogP contribution in [-0.2, 0) is 11.3 Å². The average molecular weight is 361 g/mol. The average Bonchev–Trinajstić information content (AvgIpc) is 3.15. The third-order valence-corrected chi connectivity index (χ3v) is 4.85. The van der Waals surface area contributed by atoms with E-state index in [9.17, 15) is 4.79 Å². The number of nitrogens with zero attached hydrogens (tertiary/aromatic N) is 3. The van der Waals surface area contributed by atoms with Gasteiger partial charge in [-0.1, -0.05) is 29.8 Å². The lowest BCUT2D eigenvalue weighted by Crippen LogP contribution is -2.05. The second kappa shape index (κ2) is 7.01. The highest BCUT2D eigenvalue weighted by Gasteiger charge is 2.11. The lowest BCUT2D eigenvalue weighted by molar-refractivity contribution is 0.0468. The maximum atomic E-state index is 12.3. The van der Waals surface area contributed by atoms with E-state index in [0.717, 1.165) is 21.8 Å². The lowest BCUT2D eigenvalue weighted by atomic mass is 10.2. The molecule has 0 bridgehead atoms. The van der Waals surface area contributed by atoms with Crippen LogP contribution in [0, 0.1) is 6.92 Å². The number of aromatic nitrogens is 3. The fourth-order valence-electron chi connectivity index (χ4n) is 2.52. The van der Waals surface area contributed by atoms with Crippen LogP contribution in [0.3, 0.4) is 0 Å². The number of benzene rings is 2. The van der Waals surface area contributed by atoms with Crippen LogP contribution in [0.25, 0.3) is 21.6 Å². The maximum Gasteiger partial charge on any atom is 0.338 e. The predicted octanol–water partition coefficient (Wildman–Crippen LogP) is 4.42.